The van der Waals surface area contributed by atoms with Crippen molar-refractivity contribution in [1.29, 1.82) is 0 Å². The number of pyridine rings is 1. The van der Waals surface area contributed by atoms with Crippen LogP contribution < -0.4 is 5.32 Å². The summed E-state index contributed by atoms with van der Waals surface area (Å²) in [6, 6.07) is 10.3. The van der Waals surface area contributed by atoms with Gasteiger partial charge < -0.3 is 25.0 Å². The first-order valence-corrected chi connectivity index (χ1v) is 11.0. The predicted molar refractivity (Wildman–Crippen MR) is 114 cm³/mol. The van der Waals surface area contributed by atoms with Crippen LogP contribution in [0.25, 0.3) is 0 Å². The van der Waals surface area contributed by atoms with Gasteiger partial charge in [-0.05, 0) is 42.7 Å². The minimum atomic E-state index is -2.20. The van der Waals surface area contributed by atoms with Crippen LogP contribution in [0.5, 0.6) is 0 Å². The SMILES string of the molecule is O=C(O)C[C@@]1(C(=O)O)CCCN1C(=O)[C@@H](Cc1cccc(S(=O)O)c1)Nc1ccccn1. The molecule has 2 aromatic rings. The van der Waals surface area contributed by atoms with Crippen molar-refractivity contribution < 1.29 is 33.4 Å². The highest BCUT2D eigenvalue weighted by atomic mass is 32.2. The lowest BCUT2D eigenvalue weighted by molar-refractivity contribution is -0.161. The van der Waals surface area contributed by atoms with E-state index in [9.17, 15) is 33.4 Å². The number of benzene rings is 1. The lowest BCUT2D eigenvalue weighted by atomic mass is 9.91. The maximum Gasteiger partial charge on any atom is 0.330 e. The summed E-state index contributed by atoms with van der Waals surface area (Å²) in [5.41, 5.74) is -1.26. The molecule has 3 rings (SSSR count). The van der Waals surface area contributed by atoms with Gasteiger partial charge in [-0.2, -0.15) is 0 Å². The number of nitrogens with zero attached hydrogens (tertiary/aromatic N) is 2. The van der Waals surface area contributed by atoms with Crippen LogP contribution in [0.3, 0.4) is 0 Å². The topological polar surface area (TPSA) is 157 Å². The van der Waals surface area contributed by atoms with E-state index in [0.29, 0.717) is 17.8 Å². The molecule has 0 spiro atoms. The van der Waals surface area contributed by atoms with Gasteiger partial charge in [-0.1, -0.05) is 18.2 Å². The quantitative estimate of drug-likeness (QED) is 0.407. The molecule has 1 aliphatic rings. The van der Waals surface area contributed by atoms with Crippen molar-refractivity contribution in [3.05, 3.63) is 54.2 Å². The largest absolute Gasteiger partial charge is 0.481 e. The molecule has 1 unspecified atom stereocenters. The molecule has 1 amide bonds. The van der Waals surface area contributed by atoms with Crippen LogP contribution in [-0.2, 0) is 31.9 Å². The molecular formula is C21H23N3O7S. The molecule has 0 radical (unpaired) electrons. The lowest BCUT2D eigenvalue weighted by Gasteiger charge is -2.36. The molecule has 11 heteroatoms. The fourth-order valence-electron chi connectivity index (χ4n) is 3.96. The van der Waals surface area contributed by atoms with E-state index in [1.54, 1.807) is 30.3 Å². The van der Waals surface area contributed by atoms with E-state index >= 15 is 0 Å². The van der Waals surface area contributed by atoms with Gasteiger partial charge in [0.15, 0.2) is 16.6 Å². The molecule has 1 aliphatic heterocycles. The second-order valence-electron chi connectivity index (χ2n) is 7.51. The van der Waals surface area contributed by atoms with E-state index in [0.717, 1.165) is 4.90 Å². The third-order valence-electron chi connectivity index (χ3n) is 5.42. The molecule has 0 saturated carbocycles. The Morgan fingerprint density at radius 3 is 2.59 bits per heavy atom. The standard InChI is InChI=1S/C21H23N3O7S/c25-18(26)13-21(20(28)29)8-4-10-24(21)19(27)16(23-17-7-1-2-9-22-17)12-14-5-3-6-15(11-14)32(30)31/h1-3,5-7,9,11,16H,4,8,10,12-13H2,(H,22,23)(H,25,26)(H,28,29)(H,30,31)/t16-,21-/m1/s1. The number of hydrogen-bond acceptors (Lipinski definition) is 6. The number of aliphatic carboxylic acids is 2. The van der Waals surface area contributed by atoms with E-state index < -0.39 is 46.9 Å². The van der Waals surface area contributed by atoms with Crippen molar-refractivity contribution in [1.82, 2.24) is 9.88 Å². The Hall–Kier alpha value is -3.31. The lowest BCUT2D eigenvalue weighted by Crippen LogP contribution is -2.58. The zero-order valence-corrected chi connectivity index (χ0v) is 17.8. The number of anilines is 1. The van der Waals surface area contributed by atoms with Gasteiger partial charge in [0.1, 0.15) is 11.9 Å². The molecule has 3 atom stereocenters. The smallest absolute Gasteiger partial charge is 0.330 e. The maximum absolute atomic E-state index is 13.5. The zero-order valence-electron chi connectivity index (χ0n) is 17.0. The Morgan fingerprint density at radius 2 is 1.97 bits per heavy atom. The van der Waals surface area contributed by atoms with Crippen LogP contribution in [-0.4, -0.2) is 64.8 Å². The molecule has 4 N–H and O–H groups in total. The fraction of sp³-hybridized carbons (Fsp3) is 0.333. The number of likely N-dealkylation sites (tertiary alicyclic amines) is 1. The summed E-state index contributed by atoms with van der Waals surface area (Å²) in [5.74, 6) is -2.86. The number of rotatable bonds is 9. The summed E-state index contributed by atoms with van der Waals surface area (Å²) < 4.78 is 20.8. The summed E-state index contributed by atoms with van der Waals surface area (Å²) in [6.45, 7) is 0.111. The molecule has 0 bridgehead atoms. The molecule has 1 aromatic carbocycles. The first-order chi connectivity index (χ1) is 15.2. The van der Waals surface area contributed by atoms with Gasteiger partial charge >= 0.3 is 11.9 Å². The number of carbonyl (C=O) groups excluding carboxylic acids is 1. The average Bonchev–Trinajstić information content (AvgIpc) is 3.18. The highest BCUT2D eigenvalue weighted by Crippen LogP contribution is 2.34. The summed E-state index contributed by atoms with van der Waals surface area (Å²) in [5, 5.41) is 22.1. The Kier molecular flexibility index (Phi) is 7.21. The van der Waals surface area contributed by atoms with E-state index in [1.807, 2.05) is 0 Å². The second-order valence-corrected chi connectivity index (χ2v) is 8.48. The first kappa shape index (κ1) is 23.4. The van der Waals surface area contributed by atoms with Crippen LogP contribution in [0.15, 0.2) is 53.6 Å². The molecule has 0 aliphatic carbocycles. The third kappa shape index (κ3) is 5.11. The van der Waals surface area contributed by atoms with Gasteiger partial charge in [-0.3, -0.25) is 9.59 Å². The van der Waals surface area contributed by atoms with Crippen molar-refractivity contribution >= 4 is 34.7 Å². The van der Waals surface area contributed by atoms with Gasteiger partial charge in [0.25, 0.3) is 0 Å². The average molecular weight is 461 g/mol. The van der Waals surface area contributed by atoms with Crippen LogP contribution in [0.1, 0.15) is 24.8 Å². The van der Waals surface area contributed by atoms with Crippen LogP contribution in [0.4, 0.5) is 5.82 Å². The number of nitrogens with one attached hydrogen (secondary N) is 1. The Balaban J connectivity index is 1.95. The summed E-state index contributed by atoms with van der Waals surface area (Å²) in [6.07, 6.45) is 1.29. The van der Waals surface area contributed by atoms with E-state index in [-0.39, 0.29) is 24.3 Å². The maximum atomic E-state index is 13.5. The third-order valence-corrected chi connectivity index (χ3v) is 6.08. The Labute approximate surface area is 186 Å². The molecule has 10 nitrogen and oxygen atoms in total. The molecule has 170 valence electrons. The van der Waals surface area contributed by atoms with Gasteiger partial charge in [0, 0.05) is 19.2 Å². The molecule has 1 fully saturated rings. The summed E-state index contributed by atoms with van der Waals surface area (Å²) >= 11 is -2.20. The van der Waals surface area contributed by atoms with Crippen molar-refractivity contribution in [2.75, 3.05) is 11.9 Å². The number of amides is 1. The van der Waals surface area contributed by atoms with Gasteiger partial charge in [-0.15, -0.1) is 0 Å². The number of carboxylic acids is 2. The zero-order chi connectivity index (χ0) is 23.3. The fourth-order valence-corrected chi connectivity index (χ4v) is 4.41. The second kappa shape index (κ2) is 9.88. The van der Waals surface area contributed by atoms with E-state index in [2.05, 4.69) is 10.3 Å². The van der Waals surface area contributed by atoms with Crippen LogP contribution in [0.2, 0.25) is 0 Å². The number of aromatic nitrogens is 1. The van der Waals surface area contributed by atoms with Crippen molar-refractivity contribution in [3.8, 4) is 0 Å². The van der Waals surface area contributed by atoms with Gasteiger partial charge in [-0.25, -0.2) is 14.0 Å². The minimum absolute atomic E-state index is 0.0374. The minimum Gasteiger partial charge on any atom is -0.481 e. The molecule has 2 heterocycles. The normalized spacial score (nSPS) is 19.8. The predicted octanol–water partition coefficient (Wildman–Crippen LogP) is 1.61. The molecule has 1 aromatic heterocycles. The number of hydrogen-bond donors (Lipinski definition) is 4. The first-order valence-electron chi connectivity index (χ1n) is 9.87. The highest BCUT2D eigenvalue weighted by molar-refractivity contribution is 7.79. The van der Waals surface area contributed by atoms with Crippen molar-refractivity contribution in [2.45, 2.75) is 42.2 Å². The number of carboxylic acid groups (broad SMARTS) is 2. The Morgan fingerprint density at radius 1 is 1.19 bits per heavy atom. The van der Waals surface area contributed by atoms with Gasteiger partial charge in [0.2, 0.25) is 5.91 Å². The van der Waals surface area contributed by atoms with Crippen LogP contribution >= 0.6 is 0 Å². The number of carbonyl (C=O) groups is 3. The molecule has 32 heavy (non-hydrogen) atoms. The van der Waals surface area contributed by atoms with Gasteiger partial charge in [0.05, 0.1) is 11.3 Å². The van der Waals surface area contributed by atoms with Crippen molar-refractivity contribution in [3.63, 3.8) is 0 Å². The molecular weight excluding hydrogens is 438 g/mol. The van der Waals surface area contributed by atoms with E-state index in [4.69, 9.17) is 0 Å². The summed E-state index contributed by atoms with van der Waals surface area (Å²) in [4.78, 5) is 42.5. The highest BCUT2D eigenvalue weighted by Gasteiger charge is 2.52. The summed E-state index contributed by atoms with van der Waals surface area (Å²) in [7, 11) is 0. The molecule has 1 saturated heterocycles. The van der Waals surface area contributed by atoms with Crippen LogP contribution in [0, 0.1) is 0 Å². The Bertz CT molecular complexity index is 1030. The van der Waals surface area contributed by atoms with Crippen molar-refractivity contribution in [2.24, 2.45) is 0 Å². The monoisotopic (exact) mass is 461 g/mol. The van der Waals surface area contributed by atoms with E-state index in [1.165, 1.54) is 18.3 Å².